The monoisotopic (exact) mass is 245 g/mol. The largest absolute Gasteiger partial charge is 0.480 e. The molecule has 16 heavy (non-hydrogen) atoms. The Morgan fingerprint density at radius 2 is 2.25 bits per heavy atom. The third-order valence-electron chi connectivity index (χ3n) is 2.34. The van der Waals surface area contributed by atoms with Crippen LogP contribution < -0.4 is 5.73 Å². The molecule has 0 saturated carbocycles. The minimum absolute atomic E-state index is 0.531. The van der Waals surface area contributed by atoms with Crippen molar-refractivity contribution in [1.29, 1.82) is 0 Å². The van der Waals surface area contributed by atoms with Crippen molar-refractivity contribution in [3.63, 3.8) is 0 Å². The van der Waals surface area contributed by atoms with Crippen LogP contribution >= 0.6 is 11.8 Å². The van der Waals surface area contributed by atoms with Gasteiger partial charge in [-0.2, -0.15) is 0 Å². The second-order valence-corrected chi connectivity index (χ2v) is 5.63. The van der Waals surface area contributed by atoms with Gasteiger partial charge in [0.15, 0.2) is 0 Å². The van der Waals surface area contributed by atoms with Crippen molar-refractivity contribution in [3.8, 4) is 0 Å². The average molecular weight is 245 g/mol. The first-order valence-electron chi connectivity index (χ1n) is 4.75. The molecule has 1 aromatic rings. The molecule has 0 radical (unpaired) electrons. The second kappa shape index (κ2) is 4.84. The molecule has 0 amide bonds. The van der Waals surface area contributed by atoms with Crippen LogP contribution in [-0.4, -0.2) is 32.2 Å². The van der Waals surface area contributed by atoms with E-state index in [4.69, 9.17) is 10.8 Å². The maximum Gasteiger partial charge on any atom is 0.321 e. The van der Waals surface area contributed by atoms with Crippen LogP contribution in [0.1, 0.15) is 25.2 Å². The summed E-state index contributed by atoms with van der Waals surface area (Å²) in [7, 11) is 0. The van der Waals surface area contributed by atoms with E-state index in [1.807, 2.05) is 0 Å². The number of aliphatic carboxylic acids is 1. The molecule has 6 nitrogen and oxygen atoms in total. The number of carboxylic acids is 1. The van der Waals surface area contributed by atoms with Gasteiger partial charge in [0, 0.05) is 10.5 Å². The topological polar surface area (TPSA) is 102 Å². The van der Waals surface area contributed by atoms with Gasteiger partial charge >= 0.3 is 5.97 Å². The molecule has 0 saturated heterocycles. The highest BCUT2D eigenvalue weighted by atomic mass is 32.2. The van der Waals surface area contributed by atoms with Gasteiger partial charge in [-0.15, -0.1) is 11.8 Å². The predicted octanol–water partition coefficient (Wildman–Crippen LogP) is 0.802. The summed E-state index contributed by atoms with van der Waals surface area (Å²) >= 11 is 1.42. The van der Waals surface area contributed by atoms with Crippen LogP contribution in [0.2, 0.25) is 0 Å². The smallest absolute Gasteiger partial charge is 0.321 e. The zero-order chi connectivity index (χ0) is 12.3. The maximum atomic E-state index is 10.8. The molecule has 0 fully saturated rings. The Morgan fingerprint density at radius 1 is 1.62 bits per heavy atom. The third kappa shape index (κ3) is 2.96. The second-order valence-electron chi connectivity index (χ2n) is 4.00. The molecule has 90 valence electrons. The lowest BCUT2D eigenvalue weighted by atomic mass is 10.1. The molecule has 0 aromatic carbocycles. The fourth-order valence-electron chi connectivity index (χ4n) is 1.02. The lowest BCUT2D eigenvalue weighted by Gasteiger charge is -2.27. The molecule has 1 aromatic heterocycles. The Kier molecular flexibility index (Phi) is 3.93. The first-order chi connectivity index (χ1) is 7.34. The van der Waals surface area contributed by atoms with Crippen molar-refractivity contribution >= 4 is 17.7 Å². The van der Waals surface area contributed by atoms with Crippen LogP contribution in [0.3, 0.4) is 0 Å². The molecule has 0 spiro atoms. The molecule has 1 atom stereocenters. The lowest BCUT2D eigenvalue weighted by molar-refractivity contribution is -0.139. The minimum Gasteiger partial charge on any atom is -0.480 e. The molecular weight excluding hydrogens is 230 g/mol. The van der Waals surface area contributed by atoms with E-state index in [1.165, 1.54) is 11.8 Å². The molecular formula is C9H15N3O3S. The van der Waals surface area contributed by atoms with Crippen LogP contribution in [0.4, 0.5) is 0 Å². The van der Waals surface area contributed by atoms with Crippen LogP contribution in [0.5, 0.6) is 0 Å². The van der Waals surface area contributed by atoms with Crippen molar-refractivity contribution in [2.45, 2.75) is 37.3 Å². The highest BCUT2D eigenvalue weighted by molar-refractivity contribution is 7.99. The summed E-state index contributed by atoms with van der Waals surface area (Å²) < 4.78 is 3.99. The van der Waals surface area contributed by atoms with E-state index in [2.05, 4.69) is 14.9 Å². The zero-order valence-corrected chi connectivity index (χ0v) is 10.2. The molecule has 0 aliphatic rings. The Bertz CT molecular complexity index is 378. The quantitative estimate of drug-likeness (QED) is 0.791. The molecule has 0 aliphatic heterocycles. The summed E-state index contributed by atoms with van der Waals surface area (Å²) in [5.41, 5.74) is 7.03. The molecule has 3 N–H and O–H groups in total. The molecule has 7 heteroatoms. The maximum absolute atomic E-state index is 10.8. The van der Waals surface area contributed by atoms with Crippen molar-refractivity contribution < 1.29 is 14.5 Å². The first-order valence-corrected chi connectivity index (χ1v) is 5.73. The van der Waals surface area contributed by atoms with Gasteiger partial charge in [0.2, 0.25) is 0 Å². The molecule has 0 aliphatic carbocycles. The predicted molar refractivity (Wildman–Crippen MR) is 60.0 cm³/mol. The molecule has 0 unspecified atom stereocenters. The Labute approximate surface area is 97.5 Å². The number of hydrogen-bond acceptors (Lipinski definition) is 6. The highest BCUT2D eigenvalue weighted by Gasteiger charge is 2.32. The highest BCUT2D eigenvalue weighted by Crippen LogP contribution is 2.30. The number of hydrogen-bond donors (Lipinski definition) is 2. The van der Waals surface area contributed by atoms with E-state index >= 15 is 0 Å². The molecule has 1 heterocycles. The summed E-state index contributed by atoms with van der Waals surface area (Å²) in [5, 5.41) is 16.2. The summed E-state index contributed by atoms with van der Waals surface area (Å²) in [6.07, 6.45) is 0. The van der Waals surface area contributed by atoms with Crippen LogP contribution in [-0.2, 0) is 10.5 Å². The average Bonchev–Trinajstić information content (AvgIpc) is 2.60. The normalized spacial score (nSPS) is 13.8. The van der Waals surface area contributed by atoms with Gasteiger partial charge in [-0.1, -0.05) is 10.3 Å². The molecule has 1 rings (SSSR count). The van der Waals surface area contributed by atoms with Gasteiger partial charge in [0.1, 0.15) is 17.4 Å². The van der Waals surface area contributed by atoms with E-state index in [0.717, 1.165) is 5.69 Å². The van der Waals surface area contributed by atoms with E-state index in [-0.39, 0.29) is 0 Å². The van der Waals surface area contributed by atoms with Gasteiger partial charge in [-0.05, 0) is 20.8 Å². The van der Waals surface area contributed by atoms with Crippen molar-refractivity contribution in [1.82, 2.24) is 10.3 Å². The van der Waals surface area contributed by atoms with E-state index in [1.54, 1.807) is 20.8 Å². The van der Waals surface area contributed by atoms with Crippen LogP contribution in [0, 0.1) is 6.92 Å². The van der Waals surface area contributed by atoms with E-state index in [0.29, 0.717) is 11.4 Å². The number of carboxylic acid groups (broad SMARTS) is 1. The Hall–Kier alpha value is -1.08. The summed E-state index contributed by atoms with van der Waals surface area (Å²) in [5.74, 6) is -0.476. The summed E-state index contributed by atoms with van der Waals surface area (Å²) in [6, 6.07) is -0.919. The number of thioether (sulfide) groups is 1. The summed E-state index contributed by atoms with van der Waals surface area (Å²) in [4.78, 5) is 10.8. The van der Waals surface area contributed by atoms with Crippen molar-refractivity contribution in [3.05, 3.63) is 11.4 Å². The SMILES string of the molecule is Cc1nonc1CSC(C)(C)[C@@H](N)C(=O)O. The summed E-state index contributed by atoms with van der Waals surface area (Å²) in [6.45, 7) is 5.37. The number of aromatic nitrogens is 2. The van der Waals surface area contributed by atoms with Crippen LogP contribution in [0.25, 0.3) is 0 Å². The third-order valence-corrected chi connectivity index (χ3v) is 3.76. The standard InChI is InChI=1S/C9H15N3O3S/c1-5-6(12-15-11-5)4-16-9(2,3)7(10)8(13)14/h7H,4,10H2,1-3H3,(H,13,14)/t7-/m0/s1. The number of nitrogens with zero attached hydrogens (tertiary/aromatic N) is 2. The van der Waals surface area contributed by atoms with Gasteiger partial charge < -0.3 is 10.8 Å². The lowest BCUT2D eigenvalue weighted by Crippen LogP contribution is -2.46. The van der Waals surface area contributed by atoms with Crippen molar-refractivity contribution in [2.24, 2.45) is 5.73 Å². The fourth-order valence-corrected chi connectivity index (χ4v) is 2.07. The zero-order valence-electron chi connectivity index (χ0n) is 9.43. The number of aryl methyl sites for hydroxylation is 1. The first kappa shape index (κ1) is 13.0. The van der Waals surface area contributed by atoms with E-state index < -0.39 is 16.8 Å². The van der Waals surface area contributed by atoms with Gasteiger partial charge in [-0.3, -0.25) is 4.79 Å². The van der Waals surface area contributed by atoms with Gasteiger partial charge in [0.05, 0.1) is 0 Å². The minimum atomic E-state index is -1.01. The Morgan fingerprint density at radius 3 is 2.69 bits per heavy atom. The number of nitrogens with two attached hydrogens (primary N) is 1. The number of carbonyl (C=O) groups is 1. The van der Waals surface area contributed by atoms with E-state index in [9.17, 15) is 4.79 Å². The number of rotatable bonds is 5. The fraction of sp³-hybridized carbons (Fsp3) is 0.667. The molecule has 0 bridgehead atoms. The Balaban J connectivity index is 2.61. The van der Waals surface area contributed by atoms with Gasteiger partial charge in [0.25, 0.3) is 0 Å². The van der Waals surface area contributed by atoms with Crippen molar-refractivity contribution in [2.75, 3.05) is 0 Å². The van der Waals surface area contributed by atoms with Gasteiger partial charge in [-0.25, -0.2) is 4.63 Å². The van der Waals surface area contributed by atoms with Crippen LogP contribution in [0.15, 0.2) is 4.63 Å².